The Labute approximate surface area is 346 Å². The lowest BCUT2D eigenvalue weighted by molar-refractivity contribution is -0.154. The molecule has 0 aromatic carbocycles. The Morgan fingerprint density at radius 1 is 0.536 bits per heavy atom. The number of unbranched alkanes of at least 4 members (excludes halogenated alkanes) is 29. The number of nitrogens with two attached hydrogens (primary N) is 1. The molecule has 0 rings (SSSR count). The number of ether oxygens (including phenoxy) is 2. The zero-order valence-corrected chi connectivity index (χ0v) is 37.8. The predicted molar refractivity (Wildman–Crippen MR) is 238 cm³/mol. The van der Waals surface area contributed by atoms with Crippen molar-refractivity contribution in [2.75, 3.05) is 33.0 Å². The second-order valence-corrected chi connectivity index (χ2v) is 17.4. The van der Waals surface area contributed by atoms with Gasteiger partial charge in [0.05, 0.1) is 19.8 Å². The first-order valence-electron chi connectivity index (χ1n) is 23.8. The lowest BCUT2D eigenvalue weighted by Crippen LogP contribution is -2.28. The summed E-state index contributed by atoms with van der Waals surface area (Å²) >= 11 is 0. The molecule has 0 saturated heterocycles. The third kappa shape index (κ3) is 44.1. The Balaban J connectivity index is 3.95. The van der Waals surface area contributed by atoms with E-state index in [1.807, 2.05) is 0 Å². The van der Waals surface area contributed by atoms with Crippen LogP contribution < -0.4 is 5.73 Å². The van der Waals surface area contributed by atoms with Crippen molar-refractivity contribution in [2.45, 2.75) is 238 Å². The van der Waals surface area contributed by atoms with Crippen LogP contribution in [0.3, 0.4) is 0 Å². The summed E-state index contributed by atoms with van der Waals surface area (Å²) in [4.78, 5) is 22.5. The topological polar surface area (TPSA) is 117 Å². The van der Waals surface area contributed by atoms with Crippen molar-refractivity contribution in [1.82, 2.24) is 0 Å². The van der Waals surface area contributed by atoms with Gasteiger partial charge < -0.3 is 20.1 Å². The van der Waals surface area contributed by atoms with E-state index in [-0.39, 0.29) is 32.3 Å². The highest BCUT2D eigenvalue weighted by atomic mass is 31.2. The fourth-order valence-electron chi connectivity index (χ4n) is 6.85. The number of allylic oxidation sites excluding steroid dienone is 4. The summed E-state index contributed by atoms with van der Waals surface area (Å²) in [6, 6.07) is 0. The van der Waals surface area contributed by atoms with Crippen LogP contribution in [0.2, 0.25) is 0 Å². The van der Waals surface area contributed by atoms with Crippen LogP contribution in [0, 0.1) is 0 Å². The summed E-state index contributed by atoms with van der Waals surface area (Å²) < 4.78 is 33.5. The molecule has 3 N–H and O–H groups in total. The molecule has 56 heavy (non-hydrogen) atoms. The number of carbonyl (C=O) groups is 1. The molecule has 0 fully saturated rings. The maximum absolute atomic E-state index is 12.6. The molecular weight excluding hydrogens is 721 g/mol. The van der Waals surface area contributed by atoms with Crippen molar-refractivity contribution in [3.05, 3.63) is 24.3 Å². The van der Waals surface area contributed by atoms with Gasteiger partial charge in [0.2, 0.25) is 0 Å². The molecule has 0 aliphatic rings. The fraction of sp³-hybridized carbons (Fsp3) is 0.894. The van der Waals surface area contributed by atoms with E-state index < -0.39 is 13.9 Å². The highest BCUT2D eigenvalue weighted by molar-refractivity contribution is 7.47. The highest BCUT2D eigenvalue weighted by Gasteiger charge is 2.25. The third-order valence-corrected chi connectivity index (χ3v) is 11.4. The van der Waals surface area contributed by atoms with Gasteiger partial charge in [-0.05, 0) is 44.9 Å². The maximum Gasteiger partial charge on any atom is 0.472 e. The van der Waals surface area contributed by atoms with E-state index in [1.165, 1.54) is 173 Å². The Morgan fingerprint density at radius 2 is 0.946 bits per heavy atom. The van der Waals surface area contributed by atoms with Crippen molar-refractivity contribution >= 4 is 13.8 Å². The standard InChI is InChI=1S/C47H92NO7P/c1-3-5-7-9-11-13-15-17-19-21-22-23-25-27-29-31-33-35-37-39-42-52-44-46(45-54-56(50,51)53-43-41-48)55-47(49)40-38-36-34-32-30-28-26-24-20-18-16-14-12-10-8-6-4-2/h11,13,17,19,46H,3-10,12,14-16,18,20-45,48H2,1-2H3,(H,50,51)/b13-11-,19-17-. The van der Waals surface area contributed by atoms with Crippen LogP contribution in [0.15, 0.2) is 24.3 Å². The van der Waals surface area contributed by atoms with Gasteiger partial charge in [-0.3, -0.25) is 13.8 Å². The van der Waals surface area contributed by atoms with E-state index in [4.69, 9.17) is 24.3 Å². The lowest BCUT2D eigenvalue weighted by Gasteiger charge is -2.20. The minimum atomic E-state index is -4.28. The van der Waals surface area contributed by atoms with Crippen molar-refractivity contribution < 1.29 is 32.8 Å². The minimum absolute atomic E-state index is 0.0936. The molecule has 0 aromatic heterocycles. The van der Waals surface area contributed by atoms with E-state index in [2.05, 4.69) is 38.2 Å². The number of hydrogen-bond acceptors (Lipinski definition) is 7. The average Bonchev–Trinajstić information content (AvgIpc) is 3.19. The monoisotopic (exact) mass is 814 g/mol. The first-order chi connectivity index (χ1) is 27.4. The molecule has 0 amide bonds. The van der Waals surface area contributed by atoms with Crippen LogP contribution in [0.4, 0.5) is 0 Å². The maximum atomic E-state index is 12.6. The molecule has 0 spiro atoms. The van der Waals surface area contributed by atoms with Crippen molar-refractivity contribution in [3.63, 3.8) is 0 Å². The molecule has 0 radical (unpaired) electrons. The molecule has 0 saturated carbocycles. The molecule has 0 heterocycles. The van der Waals surface area contributed by atoms with Gasteiger partial charge in [-0.25, -0.2) is 4.57 Å². The third-order valence-electron chi connectivity index (χ3n) is 10.4. The molecule has 8 nitrogen and oxygen atoms in total. The smallest absolute Gasteiger partial charge is 0.457 e. The largest absolute Gasteiger partial charge is 0.472 e. The van der Waals surface area contributed by atoms with Crippen LogP contribution in [-0.2, 0) is 27.9 Å². The SMILES string of the molecule is CCCCC/C=C\C/C=C\CCCCCCCCCCCCOCC(COP(=O)(O)OCCN)OC(=O)CCCCCCCCCCCCCCCCCCC. The van der Waals surface area contributed by atoms with E-state index in [9.17, 15) is 14.3 Å². The van der Waals surface area contributed by atoms with Crippen LogP contribution in [0.1, 0.15) is 232 Å². The van der Waals surface area contributed by atoms with Gasteiger partial charge in [0, 0.05) is 19.6 Å². The first kappa shape index (κ1) is 55.0. The minimum Gasteiger partial charge on any atom is -0.457 e. The number of phosphoric ester groups is 1. The van der Waals surface area contributed by atoms with E-state index >= 15 is 0 Å². The van der Waals surface area contributed by atoms with Crippen LogP contribution >= 0.6 is 7.82 Å². The predicted octanol–water partition coefficient (Wildman–Crippen LogP) is 14.4. The summed E-state index contributed by atoms with van der Waals surface area (Å²) in [5.74, 6) is -0.327. The van der Waals surface area contributed by atoms with Gasteiger partial charge >= 0.3 is 13.8 Å². The number of esters is 1. The average molecular weight is 814 g/mol. The van der Waals surface area contributed by atoms with Crippen LogP contribution in [0.5, 0.6) is 0 Å². The van der Waals surface area contributed by atoms with Gasteiger partial charge in [-0.2, -0.15) is 0 Å². The summed E-state index contributed by atoms with van der Waals surface area (Å²) in [5, 5.41) is 0. The molecule has 0 aromatic rings. The van der Waals surface area contributed by atoms with Crippen LogP contribution in [0.25, 0.3) is 0 Å². The summed E-state index contributed by atoms with van der Waals surface area (Å²) in [5.41, 5.74) is 5.38. The first-order valence-corrected chi connectivity index (χ1v) is 25.3. The van der Waals surface area contributed by atoms with Crippen molar-refractivity contribution in [1.29, 1.82) is 0 Å². The van der Waals surface area contributed by atoms with Gasteiger partial charge in [0.1, 0.15) is 6.10 Å². The molecule has 0 aliphatic heterocycles. The molecular formula is C47H92NO7P. The molecule has 0 bridgehead atoms. The number of hydrogen-bond donors (Lipinski definition) is 2. The number of rotatable bonds is 46. The lowest BCUT2D eigenvalue weighted by atomic mass is 10.0. The van der Waals surface area contributed by atoms with Gasteiger partial charge in [-0.15, -0.1) is 0 Å². The van der Waals surface area contributed by atoms with Gasteiger partial charge in [-0.1, -0.05) is 205 Å². The zero-order chi connectivity index (χ0) is 40.9. The van der Waals surface area contributed by atoms with Gasteiger partial charge in [0.25, 0.3) is 0 Å². The second-order valence-electron chi connectivity index (χ2n) is 16.0. The Morgan fingerprint density at radius 3 is 1.43 bits per heavy atom. The number of carbonyl (C=O) groups excluding carboxylic acids is 1. The van der Waals surface area contributed by atoms with E-state index in [0.717, 1.165) is 38.5 Å². The molecule has 2 unspecified atom stereocenters. The molecule has 9 heteroatoms. The molecule has 0 aliphatic carbocycles. The summed E-state index contributed by atoms with van der Waals surface area (Å²) in [7, 11) is -4.28. The van der Waals surface area contributed by atoms with Crippen molar-refractivity contribution in [2.24, 2.45) is 5.73 Å². The van der Waals surface area contributed by atoms with Gasteiger partial charge in [0.15, 0.2) is 0 Å². The fourth-order valence-corrected chi connectivity index (χ4v) is 7.62. The van der Waals surface area contributed by atoms with Crippen molar-refractivity contribution in [3.8, 4) is 0 Å². The van der Waals surface area contributed by atoms with E-state index in [1.54, 1.807) is 0 Å². The normalized spacial score (nSPS) is 13.6. The molecule has 332 valence electrons. The summed E-state index contributed by atoms with van der Waals surface area (Å²) in [6.45, 7) is 4.94. The van der Waals surface area contributed by atoms with Crippen LogP contribution in [-0.4, -0.2) is 49.9 Å². The Hall–Kier alpha value is -1.02. The van der Waals surface area contributed by atoms with E-state index in [0.29, 0.717) is 13.0 Å². The second kappa shape index (κ2) is 45.1. The zero-order valence-electron chi connectivity index (χ0n) is 36.9. The quantitative estimate of drug-likeness (QED) is 0.0270. The Bertz CT molecular complexity index is 915. The highest BCUT2D eigenvalue weighted by Crippen LogP contribution is 2.43. The number of phosphoric acid groups is 1. The molecule has 2 atom stereocenters. The Kier molecular flexibility index (Phi) is 44.3. The summed E-state index contributed by atoms with van der Waals surface area (Å²) in [6.07, 6.45) is 50.5.